The summed E-state index contributed by atoms with van der Waals surface area (Å²) in [5.74, 6) is 0.330. The largest absolute Gasteiger partial charge is 0.508 e. The predicted octanol–water partition coefficient (Wildman–Crippen LogP) is 5.42. The number of phenols is 1. The van der Waals surface area contributed by atoms with Crippen LogP contribution in [0.4, 0.5) is 11.4 Å². The minimum atomic E-state index is 0.0575. The fraction of sp³-hybridized carbons (Fsp3) is 0.120. The summed E-state index contributed by atoms with van der Waals surface area (Å²) in [6.07, 6.45) is 3.49. The Morgan fingerprint density at radius 1 is 1.03 bits per heavy atom. The Balaban J connectivity index is 1.57. The molecule has 3 N–H and O–H groups in total. The van der Waals surface area contributed by atoms with Crippen LogP contribution in [-0.4, -0.2) is 27.3 Å². The third-order valence-electron chi connectivity index (χ3n) is 5.51. The van der Waals surface area contributed by atoms with Crippen LogP contribution < -0.4 is 5.32 Å². The van der Waals surface area contributed by atoms with Gasteiger partial charge in [0.1, 0.15) is 5.75 Å². The van der Waals surface area contributed by atoms with Gasteiger partial charge in [0.15, 0.2) is 0 Å². The first-order valence-corrected chi connectivity index (χ1v) is 9.98. The molecule has 3 aromatic carbocycles. The number of rotatable bonds is 4. The van der Waals surface area contributed by atoms with Crippen LogP contribution in [0.25, 0.3) is 11.3 Å². The Bertz CT molecular complexity index is 1190. The Kier molecular flexibility index (Phi) is 4.56. The molecule has 1 unspecified atom stereocenters. The number of benzene rings is 3. The van der Waals surface area contributed by atoms with Crippen molar-refractivity contribution in [1.82, 2.24) is 9.97 Å². The molecule has 148 valence electrons. The summed E-state index contributed by atoms with van der Waals surface area (Å²) in [6.45, 7) is 2.83. The SMILES string of the molecule is Cc1ccc(C(=Nc2ccc(-c3cnc[nH]3)cc2)C2CNc3ccc(O)cc32)cc1. The number of aryl methyl sites for hydroxylation is 1. The number of nitrogens with one attached hydrogen (secondary N) is 2. The van der Waals surface area contributed by atoms with Gasteiger partial charge in [-0.05, 0) is 53.9 Å². The van der Waals surface area contributed by atoms with Gasteiger partial charge < -0.3 is 15.4 Å². The highest BCUT2D eigenvalue weighted by Gasteiger charge is 2.28. The standard InChI is InChI=1S/C25H22N4O/c1-16-2-4-18(5-3-16)25(22-13-27-23-11-10-20(30)12-21(22)23)29-19-8-6-17(7-9-19)24-14-26-15-28-24/h2-12,14-15,22,27,30H,13H2,1H3,(H,26,28). The second-order valence-electron chi connectivity index (χ2n) is 7.58. The molecule has 5 rings (SSSR count). The van der Waals surface area contributed by atoms with Crippen molar-refractivity contribution in [2.24, 2.45) is 4.99 Å². The normalized spacial score (nSPS) is 15.6. The molecule has 0 saturated heterocycles. The molecule has 0 aliphatic carbocycles. The summed E-state index contributed by atoms with van der Waals surface area (Å²) in [6, 6.07) is 22.1. The maximum absolute atomic E-state index is 10.0. The van der Waals surface area contributed by atoms with E-state index in [9.17, 15) is 5.11 Å². The quantitative estimate of drug-likeness (QED) is 0.320. The number of H-pyrrole nitrogens is 1. The molecule has 1 aliphatic rings. The molecule has 1 aromatic heterocycles. The maximum Gasteiger partial charge on any atom is 0.116 e. The number of aromatic nitrogens is 2. The van der Waals surface area contributed by atoms with E-state index in [1.54, 1.807) is 12.4 Å². The molecule has 1 atom stereocenters. The van der Waals surface area contributed by atoms with Crippen LogP contribution in [0.15, 0.2) is 84.2 Å². The molecular formula is C25H22N4O. The van der Waals surface area contributed by atoms with E-state index in [0.29, 0.717) is 0 Å². The van der Waals surface area contributed by atoms with Crippen molar-refractivity contribution < 1.29 is 5.11 Å². The topological polar surface area (TPSA) is 73.3 Å². The zero-order chi connectivity index (χ0) is 20.5. The number of nitrogens with zero attached hydrogens (tertiary/aromatic N) is 2. The van der Waals surface area contributed by atoms with E-state index in [1.807, 2.05) is 42.6 Å². The molecule has 0 fully saturated rings. The summed E-state index contributed by atoms with van der Waals surface area (Å²) in [4.78, 5) is 12.3. The van der Waals surface area contributed by atoms with Crippen LogP contribution in [-0.2, 0) is 0 Å². The molecule has 0 saturated carbocycles. The molecule has 5 heteroatoms. The lowest BCUT2D eigenvalue weighted by molar-refractivity contribution is 0.475. The van der Waals surface area contributed by atoms with Crippen LogP contribution in [0.2, 0.25) is 0 Å². The Labute approximate surface area is 175 Å². The first-order chi connectivity index (χ1) is 14.7. The summed E-state index contributed by atoms with van der Waals surface area (Å²) in [5, 5.41) is 13.5. The van der Waals surface area contributed by atoms with Gasteiger partial charge in [-0.15, -0.1) is 0 Å². The summed E-state index contributed by atoms with van der Waals surface area (Å²) in [7, 11) is 0. The molecule has 0 amide bonds. The molecular weight excluding hydrogens is 372 g/mol. The number of hydrogen-bond acceptors (Lipinski definition) is 4. The van der Waals surface area contributed by atoms with Crippen molar-refractivity contribution in [3.05, 3.63) is 95.9 Å². The highest BCUT2D eigenvalue weighted by atomic mass is 16.3. The number of phenolic OH excluding ortho intramolecular Hbond substituents is 1. The fourth-order valence-electron chi connectivity index (χ4n) is 3.90. The molecule has 2 heterocycles. The number of hydrogen-bond donors (Lipinski definition) is 3. The number of anilines is 1. The summed E-state index contributed by atoms with van der Waals surface area (Å²) in [5.41, 5.74) is 8.35. The Morgan fingerprint density at radius 3 is 2.57 bits per heavy atom. The Hall–Kier alpha value is -3.86. The minimum absolute atomic E-state index is 0.0575. The van der Waals surface area contributed by atoms with Crippen LogP contribution in [0.1, 0.15) is 22.6 Å². The van der Waals surface area contributed by atoms with E-state index in [-0.39, 0.29) is 11.7 Å². The smallest absolute Gasteiger partial charge is 0.116 e. The van der Waals surface area contributed by atoms with Gasteiger partial charge in [-0.1, -0.05) is 42.0 Å². The van der Waals surface area contributed by atoms with E-state index < -0.39 is 0 Å². The number of aromatic hydroxyl groups is 1. The zero-order valence-electron chi connectivity index (χ0n) is 16.6. The summed E-state index contributed by atoms with van der Waals surface area (Å²) >= 11 is 0. The van der Waals surface area contributed by atoms with Crippen molar-refractivity contribution in [3.63, 3.8) is 0 Å². The average molecular weight is 394 g/mol. The lowest BCUT2D eigenvalue weighted by Gasteiger charge is -2.16. The first-order valence-electron chi connectivity index (χ1n) is 9.98. The monoisotopic (exact) mass is 394 g/mol. The van der Waals surface area contributed by atoms with Gasteiger partial charge in [-0.3, -0.25) is 4.99 Å². The molecule has 0 spiro atoms. The van der Waals surface area contributed by atoms with Crippen molar-refractivity contribution >= 4 is 17.1 Å². The van der Waals surface area contributed by atoms with Gasteiger partial charge in [-0.25, -0.2) is 4.98 Å². The lowest BCUT2D eigenvalue weighted by Crippen LogP contribution is -2.16. The minimum Gasteiger partial charge on any atom is -0.508 e. The van der Waals surface area contributed by atoms with Gasteiger partial charge in [0, 0.05) is 18.2 Å². The molecule has 4 aromatic rings. The highest BCUT2D eigenvalue weighted by molar-refractivity contribution is 6.08. The molecule has 5 nitrogen and oxygen atoms in total. The van der Waals surface area contributed by atoms with E-state index in [0.717, 1.165) is 46.0 Å². The third-order valence-corrected chi connectivity index (χ3v) is 5.51. The van der Waals surface area contributed by atoms with Gasteiger partial charge in [0.25, 0.3) is 0 Å². The molecule has 30 heavy (non-hydrogen) atoms. The van der Waals surface area contributed by atoms with Crippen molar-refractivity contribution in [2.45, 2.75) is 12.8 Å². The van der Waals surface area contributed by atoms with Crippen molar-refractivity contribution in [3.8, 4) is 17.0 Å². The molecule has 0 bridgehead atoms. The Morgan fingerprint density at radius 2 is 1.83 bits per heavy atom. The van der Waals surface area contributed by atoms with Gasteiger partial charge >= 0.3 is 0 Å². The van der Waals surface area contributed by atoms with Gasteiger partial charge in [-0.2, -0.15) is 0 Å². The highest BCUT2D eigenvalue weighted by Crippen LogP contribution is 2.37. The van der Waals surface area contributed by atoms with Gasteiger partial charge in [0.2, 0.25) is 0 Å². The van der Waals surface area contributed by atoms with E-state index in [4.69, 9.17) is 4.99 Å². The van der Waals surface area contributed by atoms with Crippen LogP contribution in [0.3, 0.4) is 0 Å². The van der Waals surface area contributed by atoms with Crippen molar-refractivity contribution in [1.29, 1.82) is 0 Å². The average Bonchev–Trinajstić information content (AvgIpc) is 3.43. The second kappa shape index (κ2) is 7.52. The first kappa shape index (κ1) is 18.2. The number of aliphatic imine (C=N–C) groups is 1. The van der Waals surface area contributed by atoms with Crippen LogP contribution in [0.5, 0.6) is 5.75 Å². The predicted molar refractivity (Wildman–Crippen MR) is 121 cm³/mol. The van der Waals surface area contributed by atoms with Crippen LogP contribution in [0, 0.1) is 6.92 Å². The third kappa shape index (κ3) is 3.46. The number of fused-ring (bicyclic) bond motifs is 1. The van der Waals surface area contributed by atoms with Crippen LogP contribution >= 0.6 is 0 Å². The zero-order valence-corrected chi connectivity index (χ0v) is 16.6. The second-order valence-corrected chi connectivity index (χ2v) is 7.58. The maximum atomic E-state index is 10.0. The van der Waals surface area contributed by atoms with E-state index in [2.05, 4.69) is 46.5 Å². The molecule has 1 aliphatic heterocycles. The number of aromatic amines is 1. The van der Waals surface area contributed by atoms with E-state index >= 15 is 0 Å². The number of imidazole rings is 1. The lowest BCUT2D eigenvalue weighted by atomic mass is 9.90. The van der Waals surface area contributed by atoms with Crippen molar-refractivity contribution in [2.75, 3.05) is 11.9 Å². The van der Waals surface area contributed by atoms with Gasteiger partial charge in [0.05, 0.1) is 29.6 Å². The summed E-state index contributed by atoms with van der Waals surface area (Å²) < 4.78 is 0. The molecule has 0 radical (unpaired) electrons. The van der Waals surface area contributed by atoms with E-state index in [1.165, 1.54) is 5.56 Å². The fourth-order valence-corrected chi connectivity index (χ4v) is 3.90.